The van der Waals surface area contributed by atoms with Crippen molar-refractivity contribution in [2.45, 2.75) is 79.6 Å². The molecule has 0 bridgehead atoms. The van der Waals surface area contributed by atoms with Crippen LogP contribution in [0.1, 0.15) is 79.6 Å². The van der Waals surface area contributed by atoms with Gasteiger partial charge in [-0.15, -0.1) is 0 Å². The van der Waals surface area contributed by atoms with E-state index < -0.39 is 15.6 Å². The van der Waals surface area contributed by atoms with E-state index in [1.54, 1.807) is 12.0 Å². The summed E-state index contributed by atoms with van der Waals surface area (Å²) in [7, 11) is -9.87. The summed E-state index contributed by atoms with van der Waals surface area (Å²) in [6, 6.07) is 0. The predicted octanol–water partition coefficient (Wildman–Crippen LogP) is 5.78. The van der Waals surface area contributed by atoms with Gasteiger partial charge in [-0.1, -0.05) is 25.5 Å². The molecule has 0 saturated heterocycles. The van der Waals surface area contributed by atoms with Crippen LogP contribution in [0.2, 0.25) is 0 Å². The fourth-order valence-electron chi connectivity index (χ4n) is 5.26. The average molecular weight is 451 g/mol. The average Bonchev–Trinajstić information content (AvgIpc) is 2.54. The van der Waals surface area contributed by atoms with Crippen LogP contribution in [0.3, 0.4) is 0 Å². The molecule has 2 rings (SSSR count). The molecular formula is C20H37O7P2+. The molecular weight excluding hydrogens is 414 g/mol. The SMILES string of the molecule is C/C(=C\COP(=O)(O)OP(=O)(O)O)CC[C@]1(C)[C@H](C)CC[C+]2[C@H]1CCCC2(C)C. The van der Waals surface area contributed by atoms with Crippen molar-refractivity contribution in [2.24, 2.45) is 22.7 Å². The van der Waals surface area contributed by atoms with Crippen LogP contribution in [-0.4, -0.2) is 21.3 Å². The molecule has 2 saturated carbocycles. The van der Waals surface area contributed by atoms with Crippen molar-refractivity contribution < 1.29 is 32.6 Å². The number of phosphoric acid groups is 2. The van der Waals surface area contributed by atoms with Crippen molar-refractivity contribution in [3.63, 3.8) is 0 Å². The van der Waals surface area contributed by atoms with Gasteiger partial charge in [0, 0.05) is 5.41 Å². The van der Waals surface area contributed by atoms with Gasteiger partial charge in [0.1, 0.15) is 11.3 Å². The molecule has 0 radical (unpaired) electrons. The molecule has 0 amide bonds. The lowest BCUT2D eigenvalue weighted by Gasteiger charge is -2.50. The maximum absolute atomic E-state index is 11.5. The summed E-state index contributed by atoms with van der Waals surface area (Å²) < 4.78 is 30.6. The lowest BCUT2D eigenvalue weighted by Crippen LogP contribution is -2.48. The summed E-state index contributed by atoms with van der Waals surface area (Å²) >= 11 is 0. The summed E-state index contributed by atoms with van der Waals surface area (Å²) in [6.07, 6.45) is 9.85. The standard InChI is InChI=1S/C20H36O7P2/c1-15(11-14-26-29(24,25)27-28(21,22)23)10-13-20(5)16(2)8-9-17-18(20)7-6-12-19(17,3)4/h11,16,18H,6-10,12-14H2,1-5H3,(H2-,21,22,23,24,25)/p+1/b15-11+/t16-,18-,20-/m1/s1. The highest BCUT2D eigenvalue weighted by Gasteiger charge is 2.59. The Bertz CT molecular complexity index is 699. The molecule has 168 valence electrons. The third-order valence-electron chi connectivity index (χ3n) is 7.29. The summed E-state index contributed by atoms with van der Waals surface area (Å²) in [6.45, 7) is 11.3. The minimum Gasteiger partial charge on any atom is -0.302 e. The molecule has 0 aromatic rings. The molecule has 29 heavy (non-hydrogen) atoms. The van der Waals surface area contributed by atoms with Gasteiger partial charge in [0.05, 0.1) is 18.9 Å². The quantitative estimate of drug-likeness (QED) is 0.244. The Hall–Kier alpha value is -0.130. The summed E-state index contributed by atoms with van der Waals surface area (Å²) in [4.78, 5) is 26.6. The highest BCUT2D eigenvalue weighted by molar-refractivity contribution is 7.60. The summed E-state index contributed by atoms with van der Waals surface area (Å²) in [5, 5.41) is 0. The van der Waals surface area contributed by atoms with Crippen LogP contribution in [-0.2, 0) is 18.0 Å². The molecule has 9 heteroatoms. The Balaban J connectivity index is 1.97. The van der Waals surface area contributed by atoms with Crippen LogP contribution < -0.4 is 0 Å². The molecule has 2 fully saturated rings. The zero-order chi connectivity index (χ0) is 22.1. The van der Waals surface area contributed by atoms with Crippen molar-refractivity contribution in [3.8, 4) is 0 Å². The van der Waals surface area contributed by atoms with Crippen molar-refractivity contribution in [1.29, 1.82) is 0 Å². The highest BCUT2D eigenvalue weighted by Crippen LogP contribution is 2.61. The lowest BCUT2D eigenvalue weighted by molar-refractivity contribution is 0.00520. The van der Waals surface area contributed by atoms with E-state index in [4.69, 9.17) is 9.79 Å². The molecule has 3 N–H and O–H groups in total. The zero-order valence-corrected chi connectivity index (χ0v) is 20.0. The first-order chi connectivity index (χ1) is 13.2. The Kier molecular flexibility index (Phi) is 7.94. The third kappa shape index (κ3) is 6.67. The van der Waals surface area contributed by atoms with Gasteiger partial charge in [-0.05, 0) is 65.2 Å². The molecule has 1 unspecified atom stereocenters. The number of fused-ring (bicyclic) bond motifs is 1. The van der Waals surface area contributed by atoms with E-state index in [2.05, 4.69) is 36.5 Å². The van der Waals surface area contributed by atoms with E-state index in [-0.39, 0.29) is 12.0 Å². The van der Waals surface area contributed by atoms with Crippen LogP contribution in [0.4, 0.5) is 0 Å². The van der Waals surface area contributed by atoms with E-state index in [0.29, 0.717) is 17.3 Å². The minimum absolute atomic E-state index is 0.233. The Morgan fingerprint density at radius 1 is 1.21 bits per heavy atom. The van der Waals surface area contributed by atoms with E-state index in [1.807, 2.05) is 6.92 Å². The molecule has 4 atom stereocenters. The van der Waals surface area contributed by atoms with E-state index in [9.17, 15) is 14.0 Å². The van der Waals surface area contributed by atoms with Crippen LogP contribution in [0.5, 0.6) is 0 Å². The maximum Gasteiger partial charge on any atom is 0.481 e. The number of phosphoric ester groups is 1. The first kappa shape index (κ1) is 25.1. The normalized spacial score (nSPS) is 32.6. The number of hydrogen-bond acceptors (Lipinski definition) is 4. The smallest absolute Gasteiger partial charge is 0.302 e. The molecule has 2 aliphatic carbocycles. The molecule has 0 heterocycles. The number of allylic oxidation sites excluding steroid dienone is 1. The fraction of sp³-hybridized carbons (Fsp3) is 0.850. The first-order valence-corrected chi connectivity index (χ1v) is 13.4. The zero-order valence-electron chi connectivity index (χ0n) is 18.3. The van der Waals surface area contributed by atoms with E-state index in [1.165, 1.54) is 32.1 Å². The van der Waals surface area contributed by atoms with Gasteiger partial charge >= 0.3 is 15.6 Å². The number of rotatable bonds is 8. The van der Waals surface area contributed by atoms with Crippen molar-refractivity contribution in [3.05, 3.63) is 17.6 Å². The van der Waals surface area contributed by atoms with Crippen molar-refractivity contribution in [2.75, 3.05) is 6.61 Å². The first-order valence-electron chi connectivity index (χ1n) is 10.4. The highest BCUT2D eigenvalue weighted by atomic mass is 31.3. The maximum atomic E-state index is 11.5. The molecule has 7 nitrogen and oxygen atoms in total. The molecule has 2 aliphatic rings. The van der Waals surface area contributed by atoms with Gasteiger partial charge in [0.2, 0.25) is 0 Å². The van der Waals surface area contributed by atoms with Crippen LogP contribution in [0.25, 0.3) is 0 Å². The fourth-order valence-corrected chi connectivity index (χ4v) is 6.79. The molecule has 0 aliphatic heterocycles. The van der Waals surface area contributed by atoms with Crippen LogP contribution in [0.15, 0.2) is 11.6 Å². The molecule has 0 spiro atoms. The van der Waals surface area contributed by atoms with Crippen LogP contribution >= 0.6 is 15.6 Å². The summed E-state index contributed by atoms with van der Waals surface area (Å²) in [5.74, 6) is 3.03. The van der Waals surface area contributed by atoms with E-state index in [0.717, 1.165) is 18.4 Å². The monoisotopic (exact) mass is 451 g/mol. The second kappa shape index (κ2) is 9.16. The second-order valence-electron chi connectivity index (χ2n) is 9.69. The second-order valence-corrected chi connectivity index (χ2v) is 12.5. The van der Waals surface area contributed by atoms with Gasteiger partial charge in [-0.2, -0.15) is 4.31 Å². The van der Waals surface area contributed by atoms with Gasteiger partial charge < -0.3 is 14.7 Å². The Labute approximate surface area is 175 Å². The Morgan fingerprint density at radius 3 is 2.48 bits per heavy atom. The minimum atomic E-state index is -5.08. The van der Waals surface area contributed by atoms with E-state index >= 15 is 0 Å². The summed E-state index contributed by atoms with van der Waals surface area (Å²) in [5.41, 5.74) is 1.58. The largest absolute Gasteiger partial charge is 0.481 e. The van der Waals surface area contributed by atoms with Crippen LogP contribution in [0, 0.1) is 28.6 Å². The van der Waals surface area contributed by atoms with Crippen molar-refractivity contribution >= 4 is 15.6 Å². The number of hydrogen-bond donors (Lipinski definition) is 3. The van der Waals surface area contributed by atoms with Gasteiger partial charge in [-0.3, -0.25) is 4.52 Å². The van der Waals surface area contributed by atoms with Crippen molar-refractivity contribution in [1.82, 2.24) is 0 Å². The Morgan fingerprint density at radius 2 is 1.86 bits per heavy atom. The predicted molar refractivity (Wildman–Crippen MR) is 113 cm³/mol. The van der Waals surface area contributed by atoms with Gasteiger partial charge in [0.15, 0.2) is 0 Å². The molecule has 0 aromatic carbocycles. The topological polar surface area (TPSA) is 113 Å². The molecule has 0 aromatic heterocycles. The van der Waals surface area contributed by atoms with Gasteiger partial charge in [0.25, 0.3) is 0 Å². The lowest BCUT2D eigenvalue weighted by atomic mass is 9.48. The third-order valence-corrected chi connectivity index (χ3v) is 9.44. The van der Waals surface area contributed by atoms with Gasteiger partial charge in [-0.25, -0.2) is 9.13 Å².